The van der Waals surface area contributed by atoms with Crippen LogP contribution in [0.15, 0.2) is 12.3 Å². The summed E-state index contributed by atoms with van der Waals surface area (Å²) in [6.07, 6.45) is 3.92. The van der Waals surface area contributed by atoms with Gasteiger partial charge in [-0.1, -0.05) is 6.92 Å². The summed E-state index contributed by atoms with van der Waals surface area (Å²) in [7, 11) is -3.17. The third-order valence-corrected chi connectivity index (χ3v) is 5.37. The van der Waals surface area contributed by atoms with E-state index < -0.39 is 10.0 Å². The van der Waals surface area contributed by atoms with Crippen LogP contribution in [-0.2, 0) is 36.1 Å². The number of anilines is 1. The van der Waals surface area contributed by atoms with Crippen LogP contribution in [0.25, 0.3) is 0 Å². The van der Waals surface area contributed by atoms with Crippen LogP contribution < -0.4 is 5.32 Å². The summed E-state index contributed by atoms with van der Waals surface area (Å²) >= 11 is 0. The highest BCUT2D eigenvalue weighted by molar-refractivity contribution is 7.88. The fourth-order valence-electron chi connectivity index (χ4n) is 2.76. The van der Waals surface area contributed by atoms with Gasteiger partial charge in [-0.25, -0.2) is 18.4 Å². The number of hydrogen-bond donors (Lipinski definition) is 1. The number of nitrogens with zero attached hydrogens (tertiary/aromatic N) is 5. The summed E-state index contributed by atoms with van der Waals surface area (Å²) in [4.78, 5) is 8.77. The van der Waals surface area contributed by atoms with Crippen LogP contribution in [-0.4, -0.2) is 45.3 Å². The maximum Gasteiger partial charge on any atom is 0.223 e. The molecule has 0 aliphatic carbocycles. The molecule has 0 radical (unpaired) electrons. The van der Waals surface area contributed by atoms with Crippen LogP contribution >= 0.6 is 0 Å². The Labute approximate surface area is 142 Å². The highest BCUT2D eigenvalue weighted by Crippen LogP contribution is 2.16. The van der Waals surface area contributed by atoms with E-state index >= 15 is 0 Å². The van der Waals surface area contributed by atoms with Crippen molar-refractivity contribution in [1.29, 1.82) is 0 Å². The maximum atomic E-state index is 11.7. The zero-order valence-electron chi connectivity index (χ0n) is 14.2. The van der Waals surface area contributed by atoms with Crippen LogP contribution in [0.2, 0.25) is 0 Å². The molecule has 0 spiro atoms. The Balaban J connectivity index is 1.69. The third kappa shape index (κ3) is 3.57. The van der Waals surface area contributed by atoms with Crippen LogP contribution in [0.1, 0.15) is 29.6 Å². The van der Waals surface area contributed by atoms with Gasteiger partial charge in [-0.3, -0.25) is 4.68 Å². The van der Waals surface area contributed by atoms with Crippen LogP contribution in [0, 0.1) is 6.92 Å². The summed E-state index contributed by atoms with van der Waals surface area (Å²) in [6, 6.07) is 1.93. The molecule has 24 heavy (non-hydrogen) atoms. The lowest BCUT2D eigenvalue weighted by atomic mass is 10.2. The molecule has 0 unspecified atom stereocenters. The predicted octanol–water partition coefficient (Wildman–Crippen LogP) is 0.931. The van der Waals surface area contributed by atoms with Crippen LogP contribution in [0.5, 0.6) is 0 Å². The molecule has 0 saturated carbocycles. The first kappa shape index (κ1) is 16.8. The van der Waals surface area contributed by atoms with Gasteiger partial charge in [0.05, 0.1) is 37.3 Å². The van der Waals surface area contributed by atoms with Crippen molar-refractivity contribution in [1.82, 2.24) is 24.1 Å². The Morgan fingerprint density at radius 3 is 2.83 bits per heavy atom. The molecule has 2 aromatic heterocycles. The Morgan fingerprint density at radius 2 is 2.12 bits per heavy atom. The van der Waals surface area contributed by atoms with Gasteiger partial charge in [0.25, 0.3) is 0 Å². The molecular formula is C15H22N6O2S. The molecule has 9 heteroatoms. The molecule has 1 aliphatic heterocycles. The molecule has 0 amide bonds. The zero-order valence-corrected chi connectivity index (χ0v) is 15.0. The van der Waals surface area contributed by atoms with Crippen molar-refractivity contribution in [2.24, 2.45) is 0 Å². The van der Waals surface area contributed by atoms with Gasteiger partial charge in [0.15, 0.2) is 0 Å². The monoisotopic (exact) mass is 350 g/mol. The second-order valence-electron chi connectivity index (χ2n) is 5.98. The fraction of sp³-hybridized carbons (Fsp3) is 0.533. The van der Waals surface area contributed by atoms with Gasteiger partial charge < -0.3 is 5.32 Å². The van der Waals surface area contributed by atoms with Crippen molar-refractivity contribution >= 4 is 16.0 Å². The molecule has 3 rings (SSSR count). The van der Waals surface area contributed by atoms with E-state index in [4.69, 9.17) is 0 Å². The first-order valence-electron chi connectivity index (χ1n) is 7.94. The Kier molecular flexibility index (Phi) is 4.55. The standard InChI is InChI=1S/C15H22N6O2S/c1-4-14-11(2)8-16-15(18-14)17-9-12-7-13-10-20(24(3,22)23)5-6-21(13)19-12/h7-8H,4-6,9-10H2,1-3H3,(H,16,17,18). The molecular weight excluding hydrogens is 328 g/mol. The number of fused-ring (bicyclic) bond motifs is 1. The van der Waals surface area contributed by atoms with Crippen LogP contribution in [0.4, 0.5) is 5.95 Å². The summed E-state index contributed by atoms with van der Waals surface area (Å²) in [5.74, 6) is 0.584. The van der Waals surface area contributed by atoms with E-state index in [2.05, 4.69) is 27.3 Å². The molecule has 130 valence electrons. The number of rotatable bonds is 5. The smallest absolute Gasteiger partial charge is 0.223 e. The molecule has 2 aromatic rings. The maximum absolute atomic E-state index is 11.7. The normalized spacial score (nSPS) is 15.3. The van der Waals surface area contributed by atoms with Crippen molar-refractivity contribution in [3.05, 3.63) is 34.9 Å². The van der Waals surface area contributed by atoms with Crippen molar-refractivity contribution in [2.45, 2.75) is 39.9 Å². The minimum Gasteiger partial charge on any atom is -0.348 e. The second kappa shape index (κ2) is 6.48. The van der Waals surface area contributed by atoms with Gasteiger partial charge in [0.2, 0.25) is 16.0 Å². The van der Waals surface area contributed by atoms with Crippen molar-refractivity contribution < 1.29 is 8.42 Å². The van der Waals surface area contributed by atoms with Gasteiger partial charge in [0, 0.05) is 18.4 Å². The molecule has 0 saturated heterocycles. The predicted molar refractivity (Wildman–Crippen MR) is 91.0 cm³/mol. The Bertz CT molecular complexity index is 846. The van der Waals surface area contributed by atoms with E-state index in [-0.39, 0.29) is 0 Å². The van der Waals surface area contributed by atoms with Crippen molar-refractivity contribution in [2.75, 3.05) is 18.1 Å². The minimum atomic E-state index is -3.17. The molecule has 1 aliphatic rings. The van der Waals surface area contributed by atoms with Gasteiger partial charge in [0.1, 0.15) is 0 Å². The van der Waals surface area contributed by atoms with E-state index in [9.17, 15) is 8.42 Å². The van der Waals surface area contributed by atoms with Gasteiger partial charge in [-0.2, -0.15) is 9.40 Å². The van der Waals surface area contributed by atoms with E-state index in [0.717, 1.165) is 29.1 Å². The second-order valence-corrected chi connectivity index (χ2v) is 7.96. The first-order valence-corrected chi connectivity index (χ1v) is 9.78. The summed E-state index contributed by atoms with van der Waals surface area (Å²) in [6.45, 7) is 5.97. The number of aromatic nitrogens is 4. The summed E-state index contributed by atoms with van der Waals surface area (Å²) in [5.41, 5.74) is 3.87. The average molecular weight is 350 g/mol. The van der Waals surface area contributed by atoms with Gasteiger partial charge in [-0.05, 0) is 25.0 Å². The molecule has 0 fully saturated rings. The molecule has 0 atom stereocenters. The minimum absolute atomic E-state index is 0.368. The number of aryl methyl sites for hydroxylation is 2. The molecule has 1 N–H and O–H groups in total. The van der Waals surface area contributed by atoms with Gasteiger partial charge in [-0.15, -0.1) is 0 Å². The highest BCUT2D eigenvalue weighted by Gasteiger charge is 2.24. The first-order chi connectivity index (χ1) is 11.4. The summed E-state index contributed by atoms with van der Waals surface area (Å²) in [5, 5.41) is 7.70. The molecule has 0 aromatic carbocycles. The van der Waals surface area contributed by atoms with Gasteiger partial charge >= 0.3 is 0 Å². The molecule has 3 heterocycles. The van der Waals surface area contributed by atoms with Crippen molar-refractivity contribution in [3.8, 4) is 0 Å². The highest BCUT2D eigenvalue weighted by atomic mass is 32.2. The number of hydrogen-bond acceptors (Lipinski definition) is 6. The van der Waals surface area contributed by atoms with Crippen molar-refractivity contribution in [3.63, 3.8) is 0 Å². The fourth-order valence-corrected chi connectivity index (χ4v) is 3.54. The van der Waals surface area contributed by atoms with E-state index in [1.54, 1.807) is 0 Å². The summed E-state index contributed by atoms with van der Waals surface area (Å²) < 4.78 is 26.7. The third-order valence-electron chi connectivity index (χ3n) is 4.12. The topological polar surface area (TPSA) is 93.0 Å². The lowest BCUT2D eigenvalue weighted by molar-refractivity contribution is 0.328. The number of sulfonamides is 1. The van der Waals surface area contributed by atoms with E-state index in [1.807, 2.05) is 23.9 Å². The molecule has 8 nitrogen and oxygen atoms in total. The van der Waals surface area contributed by atoms with E-state index in [1.165, 1.54) is 10.6 Å². The SMILES string of the molecule is CCc1nc(NCc2cc3n(n2)CCN(S(C)(=O)=O)C3)ncc1C. The quantitative estimate of drug-likeness (QED) is 0.862. The lowest BCUT2D eigenvalue weighted by Gasteiger charge is -2.25. The molecule has 0 bridgehead atoms. The lowest BCUT2D eigenvalue weighted by Crippen LogP contribution is -2.37. The number of nitrogens with one attached hydrogen (secondary N) is 1. The van der Waals surface area contributed by atoms with Crippen LogP contribution in [0.3, 0.4) is 0 Å². The Hall–Kier alpha value is -2.00. The zero-order chi connectivity index (χ0) is 17.3. The van der Waals surface area contributed by atoms with E-state index in [0.29, 0.717) is 32.1 Å². The average Bonchev–Trinajstić information content (AvgIpc) is 2.95. The Morgan fingerprint density at radius 1 is 1.33 bits per heavy atom. The largest absolute Gasteiger partial charge is 0.348 e.